The van der Waals surface area contributed by atoms with Crippen molar-refractivity contribution < 1.29 is 5.11 Å². The molecule has 0 radical (unpaired) electrons. The number of aliphatic hydroxyl groups is 1. The number of aliphatic hydroxyl groups excluding tert-OH is 1. The maximum absolute atomic E-state index is 10.1. The molecular weight excluding hydrogens is 222 g/mol. The molecule has 3 heteroatoms. The van der Waals surface area contributed by atoms with Crippen LogP contribution in [-0.2, 0) is 0 Å². The van der Waals surface area contributed by atoms with Crippen LogP contribution in [0.4, 0.5) is 0 Å². The number of halogens is 1. The average Bonchev–Trinajstić information content (AvgIpc) is 2.64. The molecule has 2 nitrogen and oxygen atoms in total. The molecule has 1 aliphatic heterocycles. The zero-order valence-electron chi connectivity index (χ0n) is 9.56. The van der Waals surface area contributed by atoms with Gasteiger partial charge in [-0.05, 0) is 50.6 Å². The second kappa shape index (κ2) is 5.17. The highest BCUT2D eigenvalue weighted by molar-refractivity contribution is 6.30. The molecule has 1 fully saturated rings. The first-order valence-corrected chi connectivity index (χ1v) is 6.18. The van der Waals surface area contributed by atoms with Gasteiger partial charge in [0.2, 0.25) is 0 Å². The highest BCUT2D eigenvalue weighted by atomic mass is 35.5. The van der Waals surface area contributed by atoms with Crippen molar-refractivity contribution in [2.24, 2.45) is 0 Å². The molecule has 0 saturated carbocycles. The highest BCUT2D eigenvalue weighted by Gasteiger charge is 2.24. The van der Waals surface area contributed by atoms with Crippen LogP contribution in [0.15, 0.2) is 24.3 Å². The van der Waals surface area contributed by atoms with E-state index in [0.717, 1.165) is 18.5 Å². The minimum atomic E-state index is -0.399. The fourth-order valence-electron chi connectivity index (χ4n) is 2.38. The van der Waals surface area contributed by atoms with Crippen LogP contribution in [0.1, 0.15) is 30.9 Å². The van der Waals surface area contributed by atoms with Gasteiger partial charge in [-0.15, -0.1) is 0 Å². The summed E-state index contributed by atoms with van der Waals surface area (Å²) in [7, 11) is 2.13. The van der Waals surface area contributed by atoms with Crippen molar-refractivity contribution in [2.75, 3.05) is 13.6 Å². The predicted molar refractivity (Wildman–Crippen MR) is 66.7 cm³/mol. The number of rotatable bonds is 3. The summed E-state index contributed by atoms with van der Waals surface area (Å²) >= 11 is 5.91. The largest absolute Gasteiger partial charge is 0.388 e. The van der Waals surface area contributed by atoms with Crippen molar-refractivity contribution in [2.45, 2.75) is 31.4 Å². The summed E-state index contributed by atoms with van der Waals surface area (Å²) in [4.78, 5) is 2.33. The summed E-state index contributed by atoms with van der Waals surface area (Å²) in [6.45, 7) is 1.15. The van der Waals surface area contributed by atoms with E-state index in [9.17, 15) is 5.11 Å². The Hall–Kier alpha value is -0.570. The van der Waals surface area contributed by atoms with E-state index in [1.54, 1.807) is 0 Å². The minimum Gasteiger partial charge on any atom is -0.388 e. The van der Waals surface area contributed by atoms with Crippen LogP contribution in [0.3, 0.4) is 0 Å². The first kappa shape index (κ1) is 11.9. The third kappa shape index (κ3) is 2.76. The molecule has 1 saturated heterocycles. The summed E-state index contributed by atoms with van der Waals surface area (Å²) in [5.41, 5.74) is 0.924. The maximum atomic E-state index is 10.1. The Balaban J connectivity index is 1.99. The normalized spacial score (nSPS) is 23.6. The molecule has 2 rings (SSSR count). The summed E-state index contributed by atoms with van der Waals surface area (Å²) < 4.78 is 0. The number of hydrogen-bond acceptors (Lipinski definition) is 2. The van der Waals surface area contributed by atoms with Gasteiger partial charge >= 0.3 is 0 Å². The molecule has 1 aliphatic rings. The molecule has 0 unspecified atom stereocenters. The van der Waals surface area contributed by atoms with Gasteiger partial charge in [0, 0.05) is 11.1 Å². The Bertz CT molecular complexity index is 356. The van der Waals surface area contributed by atoms with Gasteiger partial charge in [0.15, 0.2) is 0 Å². The molecule has 1 aromatic carbocycles. The molecule has 0 spiro atoms. The first-order chi connectivity index (χ1) is 7.66. The zero-order valence-corrected chi connectivity index (χ0v) is 10.3. The number of nitrogens with zero attached hydrogens (tertiary/aromatic N) is 1. The topological polar surface area (TPSA) is 23.5 Å². The van der Waals surface area contributed by atoms with Gasteiger partial charge in [-0.1, -0.05) is 23.7 Å². The van der Waals surface area contributed by atoms with Crippen LogP contribution in [0.2, 0.25) is 5.02 Å². The Morgan fingerprint density at radius 2 is 2.38 bits per heavy atom. The maximum Gasteiger partial charge on any atom is 0.0805 e. The van der Waals surface area contributed by atoms with Gasteiger partial charge in [0.25, 0.3) is 0 Å². The summed E-state index contributed by atoms with van der Waals surface area (Å²) in [6.07, 6.45) is 2.83. The van der Waals surface area contributed by atoms with Gasteiger partial charge in [-0.25, -0.2) is 0 Å². The molecule has 0 aliphatic carbocycles. The van der Waals surface area contributed by atoms with Crippen molar-refractivity contribution in [1.29, 1.82) is 0 Å². The van der Waals surface area contributed by atoms with Crippen molar-refractivity contribution in [1.82, 2.24) is 4.90 Å². The Morgan fingerprint density at radius 3 is 3.00 bits per heavy atom. The van der Waals surface area contributed by atoms with Crippen molar-refractivity contribution >= 4 is 11.6 Å². The zero-order chi connectivity index (χ0) is 11.5. The lowest BCUT2D eigenvalue weighted by Crippen LogP contribution is -2.26. The lowest BCUT2D eigenvalue weighted by molar-refractivity contribution is 0.130. The second-order valence-corrected chi connectivity index (χ2v) is 5.02. The number of benzene rings is 1. The number of likely N-dealkylation sites (tertiary alicyclic amines) is 1. The van der Waals surface area contributed by atoms with E-state index in [1.807, 2.05) is 24.3 Å². The molecule has 0 amide bonds. The van der Waals surface area contributed by atoms with Crippen molar-refractivity contribution in [3.63, 3.8) is 0 Å². The van der Waals surface area contributed by atoms with Gasteiger partial charge < -0.3 is 10.0 Å². The summed E-state index contributed by atoms with van der Waals surface area (Å²) in [5.74, 6) is 0. The molecule has 88 valence electrons. The molecule has 1 aromatic rings. The van der Waals surface area contributed by atoms with Crippen LogP contribution in [0.5, 0.6) is 0 Å². The fourth-order valence-corrected chi connectivity index (χ4v) is 2.58. The fraction of sp³-hybridized carbons (Fsp3) is 0.538. The third-order valence-electron chi connectivity index (χ3n) is 3.40. The molecule has 0 aromatic heterocycles. The van der Waals surface area contributed by atoms with E-state index in [1.165, 1.54) is 12.8 Å². The van der Waals surface area contributed by atoms with E-state index in [2.05, 4.69) is 11.9 Å². The van der Waals surface area contributed by atoms with E-state index in [0.29, 0.717) is 11.1 Å². The van der Waals surface area contributed by atoms with Gasteiger partial charge in [-0.2, -0.15) is 0 Å². The van der Waals surface area contributed by atoms with Gasteiger partial charge in [0.05, 0.1) is 6.10 Å². The molecular formula is C13H18ClNO. The predicted octanol–water partition coefficient (Wildman–Crippen LogP) is 2.86. The van der Waals surface area contributed by atoms with Crippen LogP contribution < -0.4 is 0 Å². The molecule has 1 heterocycles. The van der Waals surface area contributed by atoms with Crippen LogP contribution in [0.25, 0.3) is 0 Å². The average molecular weight is 240 g/mol. The van der Waals surface area contributed by atoms with Gasteiger partial charge in [-0.3, -0.25) is 0 Å². The molecule has 1 N–H and O–H groups in total. The lowest BCUT2D eigenvalue weighted by atomic mass is 10.0. The third-order valence-corrected chi connectivity index (χ3v) is 3.64. The second-order valence-electron chi connectivity index (χ2n) is 4.58. The van der Waals surface area contributed by atoms with E-state index >= 15 is 0 Å². The van der Waals surface area contributed by atoms with Crippen LogP contribution in [-0.4, -0.2) is 29.6 Å². The van der Waals surface area contributed by atoms with E-state index < -0.39 is 6.10 Å². The monoisotopic (exact) mass is 239 g/mol. The van der Waals surface area contributed by atoms with E-state index in [-0.39, 0.29) is 0 Å². The Morgan fingerprint density at radius 1 is 1.56 bits per heavy atom. The van der Waals surface area contributed by atoms with E-state index in [4.69, 9.17) is 11.6 Å². The molecule has 2 atom stereocenters. The molecule has 16 heavy (non-hydrogen) atoms. The quantitative estimate of drug-likeness (QED) is 0.877. The minimum absolute atomic E-state index is 0.399. The molecule has 0 bridgehead atoms. The summed E-state index contributed by atoms with van der Waals surface area (Å²) in [6, 6.07) is 8.01. The highest BCUT2D eigenvalue weighted by Crippen LogP contribution is 2.27. The van der Waals surface area contributed by atoms with Gasteiger partial charge in [0.1, 0.15) is 0 Å². The SMILES string of the molecule is CN1CCC[C@H]1C[C@@H](O)c1cccc(Cl)c1. The Labute approximate surface area is 102 Å². The number of hydrogen-bond donors (Lipinski definition) is 1. The first-order valence-electron chi connectivity index (χ1n) is 5.80. The smallest absolute Gasteiger partial charge is 0.0805 e. The summed E-state index contributed by atoms with van der Waals surface area (Å²) in [5, 5.41) is 10.8. The van der Waals surface area contributed by atoms with Crippen LogP contribution in [0, 0.1) is 0 Å². The lowest BCUT2D eigenvalue weighted by Gasteiger charge is -2.22. The van der Waals surface area contributed by atoms with Crippen LogP contribution >= 0.6 is 11.6 Å². The van der Waals surface area contributed by atoms with Crippen molar-refractivity contribution in [3.8, 4) is 0 Å². The van der Waals surface area contributed by atoms with Crippen molar-refractivity contribution in [3.05, 3.63) is 34.9 Å². The Kier molecular flexibility index (Phi) is 3.85. The standard InChI is InChI=1S/C13H18ClNO/c1-15-7-3-6-12(15)9-13(16)10-4-2-5-11(14)8-10/h2,4-5,8,12-13,16H,3,6-7,9H2,1H3/t12-,13+/m0/s1.